The van der Waals surface area contributed by atoms with Crippen molar-refractivity contribution < 1.29 is 9.90 Å². The number of nitrogens with one attached hydrogen (secondary N) is 2. The Balaban J connectivity index is 1.78. The number of amides is 1. The number of aromatic nitrogens is 2. The molecule has 0 atom stereocenters. The molecule has 1 aliphatic rings. The van der Waals surface area contributed by atoms with Gasteiger partial charge in [0.05, 0.1) is 6.20 Å². The number of hydrogen-bond donors (Lipinski definition) is 3. The van der Waals surface area contributed by atoms with Gasteiger partial charge in [0, 0.05) is 17.4 Å². The Morgan fingerprint density at radius 3 is 2.80 bits per heavy atom. The molecule has 3 rings (SSSR count). The molecule has 2 aromatic rings. The van der Waals surface area contributed by atoms with E-state index < -0.39 is 5.60 Å². The third-order valence-electron chi connectivity index (χ3n) is 3.81. The molecule has 0 bridgehead atoms. The third kappa shape index (κ3) is 2.44. The minimum Gasteiger partial charge on any atom is -0.380 e. The van der Waals surface area contributed by atoms with Gasteiger partial charge in [-0.1, -0.05) is 12.1 Å². The average molecular weight is 271 g/mol. The molecule has 104 valence electrons. The molecule has 0 saturated heterocycles. The van der Waals surface area contributed by atoms with E-state index in [1.807, 2.05) is 24.3 Å². The number of rotatable bonds is 3. The summed E-state index contributed by atoms with van der Waals surface area (Å²) in [6.45, 7) is 0. The molecule has 1 aliphatic carbocycles. The van der Waals surface area contributed by atoms with E-state index in [0.29, 0.717) is 18.5 Å². The Morgan fingerprint density at radius 2 is 2.10 bits per heavy atom. The van der Waals surface area contributed by atoms with Crippen molar-refractivity contribution in [3.8, 4) is 11.1 Å². The molecular formula is C15H17N3O2. The Bertz CT molecular complexity index is 601. The van der Waals surface area contributed by atoms with Crippen LogP contribution >= 0.6 is 0 Å². The maximum Gasteiger partial charge on any atom is 0.256 e. The quantitative estimate of drug-likeness (QED) is 0.801. The van der Waals surface area contributed by atoms with Gasteiger partial charge in [-0.15, -0.1) is 0 Å². The molecule has 1 aromatic carbocycles. The Labute approximate surface area is 117 Å². The number of aromatic amines is 1. The molecule has 20 heavy (non-hydrogen) atoms. The topological polar surface area (TPSA) is 78.0 Å². The molecule has 0 aliphatic heterocycles. The van der Waals surface area contributed by atoms with Crippen LogP contribution in [0.15, 0.2) is 36.7 Å². The number of benzene rings is 1. The first-order valence-electron chi connectivity index (χ1n) is 6.80. The molecule has 1 heterocycles. The van der Waals surface area contributed by atoms with Gasteiger partial charge in [0.15, 0.2) is 0 Å². The summed E-state index contributed by atoms with van der Waals surface area (Å²) in [5.74, 6) is -0.306. The van der Waals surface area contributed by atoms with E-state index in [9.17, 15) is 9.90 Å². The van der Waals surface area contributed by atoms with Crippen molar-refractivity contribution >= 4 is 11.6 Å². The lowest BCUT2D eigenvalue weighted by molar-refractivity contribution is -0.133. The van der Waals surface area contributed by atoms with Crippen LogP contribution in [-0.4, -0.2) is 26.8 Å². The van der Waals surface area contributed by atoms with Crippen LogP contribution < -0.4 is 5.32 Å². The van der Waals surface area contributed by atoms with Gasteiger partial charge in [0.2, 0.25) is 0 Å². The normalized spacial score (nSPS) is 17.1. The summed E-state index contributed by atoms with van der Waals surface area (Å²) in [7, 11) is 0. The van der Waals surface area contributed by atoms with Gasteiger partial charge in [-0.05, 0) is 43.4 Å². The van der Waals surface area contributed by atoms with Gasteiger partial charge >= 0.3 is 0 Å². The SMILES string of the molecule is O=C(Nc1cccc(-c2cn[nH]c2)c1)C1(O)CCCC1. The van der Waals surface area contributed by atoms with E-state index in [1.165, 1.54) is 0 Å². The minimum absolute atomic E-state index is 0.306. The number of H-pyrrole nitrogens is 1. The van der Waals surface area contributed by atoms with Crippen LogP contribution in [0.3, 0.4) is 0 Å². The number of anilines is 1. The maximum atomic E-state index is 12.2. The molecule has 5 heteroatoms. The molecule has 1 aromatic heterocycles. The number of aliphatic hydroxyl groups is 1. The van der Waals surface area contributed by atoms with E-state index in [-0.39, 0.29) is 5.91 Å². The fourth-order valence-corrected chi connectivity index (χ4v) is 2.62. The standard InChI is InChI=1S/C15H17N3O2/c19-14(15(20)6-1-2-7-15)18-13-5-3-4-11(8-13)12-9-16-17-10-12/h3-5,8-10,20H,1-2,6-7H2,(H,16,17)(H,18,19). The average Bonchev–Trinajstić information content (AvgIpc) is 3.11. The summed E-state index contributed by atoms with van der Waals surface area (Å²) in [6.07, 6.45) is 6.41. The van der Waals surface area contributed by atoms with Crippen LogP contribution in [0.2, 0.25) is 0 Å². The Morgan fingerprint density at radius 1 is 1.30 bits per heavy atom. The predicted octanol–water partition coefficient (Wildman–Crippen LogP) is 2.32. The van der Waals surface area contributed by atoms with Gasteiger partial charge < -0.3 is 10.4 Å². The highest BCUT2D eigenvalue weighted by atomic mass is 16.3. The van der Waals surface area contributed by atoms with E-state index in [2.05, 4.69) is 15.5 Å². The lowest BCUT2D eigenvalue weighted by atomic mass is 10.0. The second-order valence-electron chi connectivity index (χ2n) is 5.26. The van der Waals surface area contributed by atoms with Crippen LogP contribution in [0.25, 0.3) is 11.1 Å². The van der Waals surface area contributed by atoms with Gasteiger partial charge in [0.25, 0.3) is 5.91 Å². The predicted molar refractivity (Wildman–Crippen MR) is 76.1 cm³/mol. The van der Waals surface area contributed by atoms with Crippen LogP contribution in [0, 0.1) is 0 Å². The van der Waals surface area contributed by atoms with Gasteiger partial charge in [-0.2, -0.15) is 5.10 Å². The fourth-order valence-electron chi connectivity index (χ4n) is 2.62. The summed E-state index contributed by atoms with van der Waals surface area (Å²) in [6, 6.07) is 7.52. The second kappa shape index (κ2) is 5.09. The highest BCUT2D eigenvalue weighted by molar-refractivity contribution is 5.97. The van der Waals surface area contributed by atoms with Gasteiger partial charge in [-0.25, -0.2) is 0 Å². The van der Waals surface area contributed by atoms with Crippen molar-refractivity contribution in [1.82, 2.24) is 10.2 Å². The maximum absolute atomic E-state index is 12.2. The van der Waals surface area contributed by atoms with Crippen molar-refractivity contribution in [2.24, 2.45) is 0 Å². The van der Waals surface area contributed by atoms with E-state index >= 15 is 0 Å². The molecule has 1 amide bonds. The Hall–Kier alpha value is -2.14. The van der Waals surface area contributed by atoms with Crippen molar-refractivity contribution in [2.45, 2.75) is 31.3 Å². The van der Waals surface area contributed by atoms with Crippen LogP contribution in [0.4, 0.5) is 5.69 Å². The highest BCUT2D eigenvalue weighted by Crippen LogP contribution is 2.31. The first-order valence-corrected chi connectivity index (χ1v) is 6.80. The lowest BCUT2D eigenvalue weighted by Crippen LogP contribution is -2.40. The number of carbonyl (C=O) groups excluding carboxylic acids is 1. The zero-order valence-electron chi connectivity index (χ0n) is 11.1. The molecule has 0 spiro atoms. The molecule has 1 fully saturated rings. The summed E-state index contributed by atoms with van der Waals surface area (Å²) in [5.41, 5.74) is 1.41. The third-order valence-corrected chi connectivity index (χ3v) is 3.81. The van der Waals surface area contributed by atoms with Crippen molar-refractivity contribution in [3.05, 3.63) is 36.7 Å². The van der Waals surface area contributed by atoms with Crippen molar-refractivity contribution in [3.63, 3.8) is 0 Å². The van der Waals surface area contributed by atoms with E-state index in [1.54, 1.807) is 12.4 Å². The van der Waals surface area contributed by atoms with E-state index in [0.717, 1.165) is 24.0 Å². The zero-order valence-corrected chi connectivity index (χ0v) is 11.1. The molecule has 5 nitrogen and oxygen atoms in total. The van der Waals surface area contributed by atoms with Crippen molar-refractivity contribution in [1.29, 1.82) is 0 Å². The molecule has 0 unspecified atom stereocenters. The number of nitrogens with zero attached hydrogens (tertiary/aromatic N) is 1. The molecule has 0 radical (unpaired) electrons. The smallest absolute Gasteiger partial charge is 0.256 e. The minimum atomic E-state index is -1.20. The van der Waals surface area contributed by atoms with Gasteiger partial charge in [0.1, 0.15) is 5.60 Å². The first kappa shape index (κ1) is 12.9. The van der Waals surface area contributed by atoms with Crippen LogP contribution in [-0.2, 0) is 4.79 Å². The summed E-state index contributed by atoms with van der Waals surface area (Å²) >= 11 is 0. The second-order valence-corrected chi connectivity index (χ2v) is 5.26. The van der Waals surface area contributed by atoms with Crippen LogP contribution in [0.1, 0.15) is 25.7 Å². The highest BCUT2D eigenvalue weighted by Gasteiger charge is 2.38. The van der Waals surface area contributed by atoms with E-state index in [4.69, 9.17) is 0 Å². The molecular weight excluding hydrogens is 254 g/mol. The zero-order chi connectivity index (χ0) is 14.0. The number of carbonyl (C=O) groups is 1. The molecule has 3 N–H and O–H groups in total. The summed E-state index contributed by atoms with van der Waals surface area (Å²) < 4.78 is 0. The monoisotopic (exact) mass is 271 g/mol. The first-order chi connectivity index (χ1) is 9.67. The van der Waals surface area contributed by atoms with Crippen molar-refractivity contribution in [2.75, 3.05) is 5.32 Å². The summed E-state index contributed by atoms with van der Waals surface area (Å²) in [5, 5.41) is 19.7. The fraction of sp³-hybridized carbons (Fsp3) is 0.333. The number of hydrogen-bond acceptors (Lipinski definition) is 3. The lowest BCUT2D eigenvalue weighted by Gasteiger charge is -2.21. The Kier molecular flexibility index (Phi) is 3.28. The molecule has 1 saturated carbocycles. The largest absolute Gasteiger partial charge is 0.380 e. The summed E-state index contributed by atoms with van der Waals surface area (Å²) in [4.78, 5) is 12.2. The van der Waals surface area contributed by atoms with Crippen LogP contribution in [0.5, 0.6) is 0 Å². The van der Waals surface area contributed by atoms with Gasteiger partial charge in [-0.3, -0.25) is 9.89 Å².